The topological polar surface area (TPSA) is 52.6 Å². The summed E-state index contributed by atoms with van der Waals surface area (Å²) in [6.07, 6.45) is 0.763. The molecule has 0 saturated heterocycles. The molecule has 0 aliphatic heterocycles. The number of hydrogen-bond donors (Lipinski definition) is 0. The number of allylic oxidation sites excluding steroid dienone is 2. The Morgan fingerprint density at radius 2 is 0.941 bits per heavy atom. The zero-order valence-electron chi connectivity index (χ0n) is 19.1. The van der Waals surface area contributed by atoms with Crippen LogP contribution in [0, 0.1) is 0 Å². The van der Waals surface area contributed by atoms with E-state index in [0.717, 1.165) is 33.4 Å². The highest BCUT2D eigenvalue weighted by molar-refractivity contribution is 6.28. The van der Waals surface area contributed by atoms with Gasteiger partial charge in [-0.05, 0) is 58.3 Å². The Labute approximate surface area is 198 Å². The molecule has 0 amide bonds. The third-order valence-electron chi connectivity index (χ3n) is 6.37. The molecule has 0 fully saturated rings. The zero-order chi connectivity index (χ0) is 23.7. The van der Waals surface area contributed by atoms with Crippen LogP contribution in [0.5, 0.6) is 11.5 Å². The van der Waals surface area contributed by atoms with Crippen molar-refractivity contribution in [2.24, 2.45) is 0 Å². The van der Waals surface area contributed by atoms with Gasteiger partial charge in [-0.15, -0.1) is 0 Å². The van der Waals surface area contributed by atoms with Gasteiger partial charge in [-0.3, -0.25) is 9.59 Å². The number of rotatable bonds is 6. The first-order chi connectivity index (χ1) is 16.6. The summed E-state index contributed by atoms with van der Waals surface area (Å²) in [7, 11) is 3.24. The van der Waals surface area contributed by atoms with E-state index in [2.05, 4.69) is 0 Å². The maximum absolute atomic E-state index is 13.8. The number of Topliss-reactive ketones (excluding diaryl/α,β-unsaturated/α-hetero) is 2. The maximum Gasteiger partial charge on any atom is 0.190 e. The van der Waals surface area contributed by atoms with Gasteiger partial charge in [0.15, 0.2) is 11.6 Å². The molecule has 4 heteroatoms. The van der Waals surface area contributed by atoms with Crippen molar-refractivity contribution in [3.8, 4) is 11.5 Å². The normalized spacial score (nSPS) is 13.2. The number of ketones is 2. The number of methoxy groups -OCH3 is 2. The highest BCUT2D eigenvalue weighted by Crippen LogP contribution is 2.33. The molecule has 0 unspecified atom stereocenters. The Morgan fingerprint density at radius 3 is 1.29 bits per heavy atom. The number of hydrogen-bond acceptors (Lipinski definition) is 4. The average molecular weight is 449 g/mol. The molecule has 1 aliphatic carbocycles. The molecule has 0 aromatic heterocycles. The van der Waals surface area contributed by atoms with E-state index in [0.29, 0.717) is 35.1 Å². The molecular formula is C30H24O4. The van der Waals surface area contributed by atoms with Gasteiger partial charge in [0.05, 0.1) is 14.2 Å². The van der Waals surface area contributed by atoms with Crippen LogP contribution in [-0.2, 0) is 12.8 Å². The summed E-state index contributed by atoms with van der Waals surface area (Å²) in [5.41, 5.74) is 3.96. The molecule has 4 aromatic carbocycles. The van der Waals surface area contributed by atoms with Crippen molar-refractivity contribution in [1.82, 2.24) is 0 Å². The predicted octanol–water partition coefficient (Wildman–Crippen LogP) is 6.02. The Hall–Kier alpha value is -4.18. The molecule has 0 atom stereocenters. The number of carbonyl (C=O) groups is 2. The fraction of sp³-hybridized carbons (Fsp3) is 0.133. The molecule has 168 valence electrons. The van der Waals surface area contributed by atoms with Crippen molar-refractivity contribution in [2.45, 2.75) is 12.8 Å². The van der Waals surface area contributed by atoms with Crippen LogP contribution in [0.15, 0.2) is 96.1 Å². The van der Waals surface area contributed by atoms with E-state index in [9.17, 15) is 9.59 Å². The first-order valence-corrected chi connectivity index (χ1v) is 11.2. The van der Waals surface area contributed by atoms with Gasteiger partial charge in [0, 0.05) is 35.1 Å². The minimum Gasteiger partial charge on any atom is -0.497 e. The van der Waals surface area contributed by atoms with Crippen LogP contribution in [0.1, 0.15) is 31.8 Å². The maximum atomic E-state index is 13.8. The van der Waals surface area contributed by atoms with Crippen LogP contribution < -0.4 is 9.47 Å². The molecule has 0 radical (unpaired) electrons. The molecule has 0 heterocycles. The molecule has 1 aliphatic rings. The van der Waals surface area contributed by atoms with Crippen molar-refractivity contribution < 1.29 is 19.1 Å². The number of carbonyl (C=O) groups excluding carboxylic acids is 2. The van der Waals surface area contributed by atoms with E-state index in [1.54, 1.807) is 14.2 Å². The van der Waals surface area contributed by atoms with E-state index < -0.39 is 0 Å². The number of fused-ring (bicyclic) bond motifs is 2. The lowest BCUT2D eigenvalue weighted by Gasteiger charge is -2.22. The first-order valence-electron chi connectivity index (χ1n) is 11.2. The summed E-state index contributed by atoms with van der Waals surface area (Å²) in [4.78, 5) is 27.6. The number of benzene rings is 4. The first kappa shape index (κ1) is 21.7. The summed E-state index contributed by atoms with van der Waals surface area (Å²) >= 11 is 0. The minimum absolute atomic E-state index is 0.0836. The molecule has 34 heavy (non-hydrogen) atoms. The Balaban J connectivity index is 1.61. The van der Waals surface area contributed by atoms with Crippen molar-refractivity contribution in [1.29, 1.82) is 0 Å². The molecule has 4 nitrogen and oxygen atoms in total. The molecule has 4 aromatic rings. The Kier molecular flexibility index (Phi) is 5.72. The van der Waals surface area contributed by atoms with Crippen LogP contribution in [0.25, 0.3) is 10.8 Å². The van der Waals surface area contributed by atoms with Gasteiger partial charge in [-0.2, -0.15) is 0 Å². The lowest BCUT2D eigenvalue weighted by Crippen LogP contribution is -2.24. The second-order valence-corrected chi connectivity index (χ2v) is 8.41. The molecule has 0 N–H and O–H groups in total. The monoisotopic (exact) mass is 448 g/mol. The van der Waals surface area contributed by atoms with Gasteiger partial charge < -0.3 is 9.47 Å². The molecule has 0 bridgehead atoms. The van der Waals surface area contributed by atoms with Gasteiger partial charge in [0.2, 0.25) is 0 Å². The van der Waals surface area contributed by atoms with E-state index >= 15 is 0 Å². The van der Waals surface area contributed by atoms with Gasteiger partial charge >= 0.3 is 0 Å². The van der Waals surface area contributed by atoms with Gasteiger partial charge in [0.1, 0.15) is 11.5 Å². The summed E-state index contributed by atoms with van der Waals surface area (Å²) in [6, 6.07) is 26.7. The smallest absolute Gasteiger partial charge is 0.190 e. The van der Waals surface area contributed by atoms with Crippen molar-refractivity contribution in [2.75, 3.05) is 14.2 Å². The van der Waals surface area contributed by atoms with Crippen LogP contribution in [0.3, 0.4) is 0 Å². The lowest BCUT2D eigenvalue weighted by atomic mass is 9.78. The molecular weight excluding hydrogens is 424 g/mol. The third-order valence-corrected chi connectivity index (χ3v) is 6.37. The second kappa shape index (κ2) is 8.99. The zero-order valence-corrected chi connectivity index (χ0v) is 19.1. The van der Waals surface area contributed by atoms with E-state index in [-0.39, 0.29) is 11.6 Å². The highest BCUT2D eigenvalue weighted by atomic mass is 16.5. The average Bonchev–Trinajstić information content (AvgIpc) is 2.89. The fourth-order valence-electron chi connectivity index (χ4n) is 4.48. The second-order valence-electron chi connectivity index (χ2n) is 8.41. The van der Waals surface area contributed by atoms with E-state index in [4.69, 9.17) is 9.47 Å². The number of ether oxygens (including phenoxy) is 2. The van der Waals surface area contributed by atoms with Gasteiger partial charge in [0.25, 0.3) is 0 Å². The van der Waals surface area contributed by atoms with E-state index in [1.807, 2.05) is 84.9 Å². The van der Waals surface area contributed by atoms with E-state index in [1.165, 1.54) is 0 Å². The third kappa shape index (κ3) is 3.99. The quantitative estimate of drug-likeness (QED) is 0.362. The summed E-state index contributed by atoms with van der Waals surface area (Å²) in [5, 5.41) is 1.90. The SMILES string of the molecule is COc1ccc(CC2=C(Cc3ccc(OC)cc3)C(=O)c3cc4ccccc4cc3C2=O)cc1. The lowest BCUT2D eigenvalue weighted by molar-refractivity contribution is 0.0971. The predicted molar refractivity (Wildman–Crippen MR) is 133 cm³/mol. The van der Waals surface area contributed by atoms with Crippen LogP contribution in [-0.4, -0.2) is 25.8 Å². The van der Waals surface area contributed by atoms with Gasteiger partial charge in [-0.25, -0.2) is 0 Å². The van der Waals surface area contributed by atoms with Crippen molar-refractivity contribution in [3.63, 3.8) is 0 Å². The summed E-state index contributed by atoms with van der Waals surface area (Å²) < 4.78 is 10.5. The van der Waals surface area contributed by atoms with Crippen molar-refractivity contribution >= 4 is 22.3 Å². The van der Waals surface area contributed by atoms with Gasteiger partial charge in [-0.1, -0.05) is 48.5 Å². The minimum atomic E-state index is -0.0836. The Morgan fingerprint density at radius 1 is 0.559 bits per heavy atom. The molecule has 5 rings (SSSR count). The molecule has 0 spiro atoms. The highest BCUT2D eigenvalue weighted by Gasteiger charge is 2.32. The Bertz CT molecular complexity index is 1320. The summed E-state index contributed by atoms with van der Waals surface area (Å²) in [5.74, 6) is 1.33. The van der Waals surface area contributed by atoms with Crippen LogP contribution >= 0.6 is 0 Å². The van der Waals surface area contributed by atoms with Crippen LogP contribution in [0.4, 0.5) is 0 Å². The standard InChI is InChI=1S/C30H24O4/c1-33-23-11-7-19(8-12-23)15-25-26(16-20-9-13-24(34-2)14-10-20)30(32)28-18-22-6-4-3-5-21(22)17-27(28)29(25)31/h3-14,17-18H,15-16H2,1-2H3. The van der Waals surface area contributed by atoms with Crippen LogP contribution in [0.2, 0.25) is 0 Å². The van der Waals surface area contributed by atoms with Crippen molar-refractivity contribution in [3.05, 3.63) is 118 Å². The molecule has 0 saturated carbocycles. The summed E-state index contributed by atoms with van der Waals surface area (Å²) in [6.45, 7) is 0. The fourth-order valence-corrected chi connectivity index (χ4v) is 4.48. The largest absolute Gasteiger partial charge is 0.497 e.